The van der Waals surface area contributed by atoms with Gasteiger partial charge in [0.05, 0.1) is 5.92 Å². The Kier molecular flexibility index (Phi) is 5.43. The maximum Gasteiger partial charge on any atom is 0.231 e. The Hall–Kier alpha value is -3.02. The Morgan fingerprint density at radius 2 is 1.93 bits per heavy atom. The van der Waals surface area contributed by atoms with Gasteiger partial charge in [-0.1, -0.05) is 35.9 Å². The fourth-order valence-corrected chi connectivity index (χ4v) is 4.10. The molecule has 6 heteroatoms. The van der Waals surface area contributed by atoms with Gasteiger partial charge in [-0.2, -0.15) is 0 Å². The largest absolute Gasteiger partial charge is 0.454 e. The second-order valence-corrected chi connectivity index (χ2v) is 7.87. The molecule has 2 atom stereocenters. The van der Waals surface area contributed by atoms with Crippen LogP contribution in [0.3, 0.4) is 0 Å². The van der Waals surface area contributed by atoms with Crippen LogP contribution in [0.25, 0.3) is 0 Å². The van der Waals surface area contributed by atoms with Crippen LogP contribution >= 0.6 is 0 Å². The summed E-state index contributed by atoms with van der Waals surface area (Å²) in [5, 5.41) is 3.03. The summed E-state index contributed by atoms with van der Waals surface area (Å²) in [5.74, 6) is 1.35. The summed E-state index contributed by atoms with van der Waals surface area (Å²) in [6.07, 6.45) is 0.736. The molecule has 2 aromatic carbocycles. The number of piperidine rings is 1. The normalized spacial score (nSPS) is 20.4. The van der Waals surface area contributed by atoms with Crippen molar-refractivity contribution in [2.75, 3.05) is 19.9 Å². The number of aryl methyl sites for hydroxylation is 1. The van der Waals surface area contributed by atoms with Crippen molar-refractivity contribution in [1.29, 1.82) is 0 Å². The van der Waals surface area contributed by atoms with Crippen molar-refractivity contribution in [2.24, 2.45) is 5.92 Å². The minimum absolute atomic E-state index is 0.0101. The predicted molar refractivity (Wildman–Crippen MR) is 109 cm³/mol. The lowest BCUT2D eigenvalue weighted by Gasteiger charge is -2.37. The minimum atomic E-state index is -0.229. The molecule has 6 nitrogen and oxygen atoms in total. The first-order valence-electron chi connectivity index (χ1n) is 9.98. The molecule has 2 aliphatic heterocycles. The van der Waals surface area contributed by atoms with Gasteiger partial charge in [-0.3, -0.25) is 9.59 Å². The average molecular weight is 394 g/mol. The van der Waals surface area contributed by atoms with Crippen LogP contribution in [-0.4, -0.2) is 36.6 Å². The molecular formula is C23H26N2O4. The van der Waals surface area contributed by atoms with Crippen molar-refractivity contribution in [2.45, 2.75) is 32.7 Å². The monoisotopic (exact) mass is 394 g/mol. The van der Waals surface area contributed by atoms with E-state index in [0.717, 1.165) is 17.7 Å². The lowest BCUT2D eigenvalue weighted by atomic mass is 9.83. The standard InChI is InChI=1S/C23H26N2O4/c1-15-4-3-5-18(8-15)19-10-20(13-25(12-19)16(2)26)23(27)24-11-17-6-7-21-22(9-17)29-14-28-21/h3-9,19-20H,10-14H2,1-2H3,(H,24,27). The van der Waals surface area contributed by atoms with E-state index in [1.165, 1.54) is 11.1 Å². The quantitative estimate of drug-likeness (QED) is 0.866. The van der Waals surface area contributed by atoms with E-state index < -0.39 is 0 Å². The van der Waals surface area contributed by atoms with Gasteiger partial charge in [0, 0.05) is 32.5 Å². The summed E-state index contributed by atoms with van der Waals surface area (Å²) in [6, 6.07) is 14.0. The number of ether oxygens (including phenoxy) is 2. The molecule has 0 saturated carbocycles. The molecule has 2 unspecified atom stereocenters. The highest BCUT2D eigenvalue weighted by Gasteiger charge is 2.33. The molecule has 1 fully saturated rings. The summed E-state index contributed by atoms with van der Waals surface area (Å²) in [7, 11) is 0. The number of nitrogens with zero attached hydrogens (tertiary/aromatic N) is 1. The smallest absolute Gasteiger partial charge is 0.231 e. The first-order valence-corrected chi connectivity index (χ1v) is 9.98. The summed E-state index contributed by atoms with van der Waals surface area (Å²) in [4.78, 5) is 26.8. The maximum atomic E-state index is 12.9. The Morgan fingerprint density at radius 3 is 2.72 bits per heavy atom. The molecule has 0 aliphatic carbocycles. The number of benzene rings is 2. The first kappa shape index (κ1) is 19.3. The van der Waals surface area contributed by atoms with Crippen LogP contribution in [0, 0.1) is 12.8 Å². The van der Waals surface area contributed by atoms with Crippen LogP contribution in [0.4, 0.5) is 0 Å². The molecule has 0 radical (unpaired) electrons. The molecule has 0 aromatic heterocycles. The van der Waals surface area contributed by atoms with Crippen LogP contribution in [-0.2, 0) is 16.1 Å². The van der Waals surface area contributed by atoms with Crippen molar-refractivity contribution < 1.29 is 19.1 Å². The van der Waals surface area contributed by atoms with E-state index in [9.17, 15) is 9.59 Å². The first-order chi connectivity index (χ1) is 14.0. The SMILES string of the molecule is CC(=O)N1CC(C(=O)NCc2ccc3c(c2)OCO3)CC(c2cccc(C)c2)C1. The topological polar surface area (TPSA) is 67.9 Å². The number of amides is 2. The van der Waals surface area contributed by atoms with Gasteiger partial charge in [0.25, 0.3) is 0 Å². The summed E-state index contributed by atoms with van der Waals surface area (Å²) in [5.41, 5.74) is 3.33. The van der Waals surface area contributed by atoms with E-state index in [1.54, 1.807) is 11.8 Å². The van der Waals surface area contributed by atoms with Gasteiger partial charge in [0.1, 0.15) is 0 Å². The molecule has 2 heterocycles. The number of carbonyl (C=O) groups is 2. The van der Waals surface area contributed by atoms with E-state index in [2.05, 4.69) is 30.4 Å². The summed E-state index contributed by atoms with van der Waals surface area (Å²) in [6.45, 7) is 5.40. The number of likely N-dealkylation sites (tertiary alicyclic amines) is 1. The zero-order chi connectivity index (χ0) is 20.4. The van der Waals surface area contributed by atoms with Gasteiger partial charge < -0.3 is 19.7 Å². The number of fused-ring (bicyclic) bond motifs is 1. The van der Waals surface area contributed by atoms with Crippen LogP contribution in [0.1, 0.15) is 36.0 Å². The fraction of sp³-hybridized carbons (Fsp3) is 0.391. The second kappa shape index (κ2) is 8.15. The lowest BCUT2D eigenvalue weighted by molar-refractivity contribution is -0.134. The molecule has 29 heavy (non-hydrogen) atoms. The second-order valence-electron chi connectivity index (χ2n) is 7.87. The molecule has 0 bridgehead atoms. The maximum absolute atomic E-state index is 12.9. The van der Waals surface area contributed by atoms with E-state index in [1.807, 2.05) is 24.3 Å². The summed E-state index contributed by atoms with van der Waals surface area (Å²) < 4.78 is 10.7. The van der Waals surface area contributed by atoms with Gasteiger partial charge in [0.15, 0.2) is 11.5 Å². The highest BCUT2D eigenvalue weighted by molar-refractivity contribution is 5.81. The zero-order valence-electron chi connectivity index (χ0n) is 16.8. The third kappa shape index (κ3) is 4.36. The number of hydrogen-bond acceptors (Lipinski definition) is 4. The number of rotatable bonds is 4. The number of hydrogen-bond donors (Lipinski definition) is 1. The van der Waals surface area contributed by atoms with Gasteiger partial charge in [-0.25, -0.2) is 0 Å². The minimum Gasteiger partial charge on any atom is -0.454 e. The third-order valence-corrected chi connectivity index (χ3v) is 5.68. The third-order valence-electron chi connectivity index (χ3n) is 5.68. The Bertz CT molecular complexity index is 927. The zero-order valence-corrected chi connectivity index (χ0v) is 16.8. The fourth-order valence-electron chi connectivity index (χ4n) is 4.10. The molecule has 0 spiro atoms. The molecule has 2 amide bonds. The van der Waals surface area contributed by atoms with E-state index in [4.69, 9.17) is 9.47 Å². The molecule has 1 saturated heterocycles. The van der Waals surface area contributed by atoms with Crippen molar-refractivity contribution >= 4 is 11.8 Å². The van der Waals surface area contributed by atoms with Crippen LogP contribution < -0.4 is 14.8 Å². The summed E-state index contributed by atoms with van der Waals surface area (Å²) >= 11 is 0. The van der Waals surface area contributed by atoms with Gasteiger partial charge in [-0.05, 0) is 36.6 Å². The van der Waals surface area contributed by atoms with Gasteiger partial charge in [-0.15, -0.1) is 0 Å². The van der Waals surface area contributed by atoms with E-state index in [-0.39, 0.29) is 30.4 Å². The molecule has 2 aromatic rings. The van der Waals surface area contributed by atoms with Crippen LogP contribution in [0.5, 0.6) is 11.5 Å². The predicted octanol–water partition coefficient (Wildman–Crippen LogP) is 2.99. The van der Waals surface area contributed by atoms with Crippen molar-refractivity contribution in [3.63, 3.8) is 0 Å². The highest BCUT2D eigenvalue weighted by atomic mass is 16.7. The van der Waals surface area contributed by atoms with Crippen molar-refractivity contribution in [3.05, 3.63) is 59.2 Å². The van der Waals surface area contributed by atoms with E-state index >= 15 is 0 Å². The van der Waals surface area contributed by atoms with E-state index in [0.29, 0.717) is 25.4 Å². The molecule has 152 valence electrons. The van der Waals surface area contributed by atoms with Crippen molar-refractivity contribution in [3.8, 4) is 11.5 Å². The lowest BCUT2D eigenvalue weighted by Crippen LogP contribution is -2.47. The number of carbonyl (C=O) groups excluding carboxylic acids is 2. The average Bonchev–Trinajstić information content (AvgIpc) is 3.19. The van der Waals surface area contributed by atoms with Crippen LogP contribution in [0.15, 0.2) is 42.5 Å². The molecule has 1 N–H and O–H groups in total. The Balaban J connectivity index is 1.44. The highest BCUT2D eigenvalue weighted by Crippen LogP contribution is 2.33. The molecule has 4 rings (SSSR count). The molecule has 2 aliphatic rings. The Morgan fingerprint density at radius 1 is 1.10 bits per heavy atom. The van der Waals surface area contributed by atoms with Crippen LogP contribution in [0.2, 0.25) is 0 Å². The van der Waals surface area contributed by atoms with Gasteiger partial charge in [0.2, 0.25) is 18.6 Å². The Labute approximate surface area is 170 Å². The van der Waals surface area contributed by atoms with Gasteiger partial charge >= 0.3 is 0 Å². The number of nitrogens with one attached hydrogen (secondary N) is 1. The molecular weight excluding hydrogens is 368 g/mol. The van der Waals surface area contributed by atoms with Crippen molar-refractivity contribution in [1.82, 2.24) is 10.2 Å².